The van der Waals surface area contributed by atoms with Gasteiger partial charge in [0, 0.05) is 36.5 Å². The van der Waals surface area contributed by atoms with E-state index in [-0.39, 0.29) is 29.1 Å². The Morgan fingerprint density at radius 3 is 2.40 bits per heavy atom. The molecule has 30 heavy (non-hydrogen) atoms. The zero-order valence-electron chi connectivity index (χ0n) is 15.7. The molecule has 0 aliphatic carbocycles. The van der Waals surface area contributed by atoms with Crippen LogP contribution in [0.4, 0.5) is 23.2 Å². The molecule has 0 aromatic heterocycles. The second-order valence-electron chi connectivity index (χ2n) is 6.92. The maximum atomic E-state index is 13.8. The molecule has 11 heteroatoms. The molecule has 2 unspecified atom stereocenters. The van der Waals surface area contributed by atoms with E-state index >= 15 is 0 Å². The molecule has 2 aromatic rings. The lowest BCUT2D eigenvalue weighted by Crippen LogP contribution is -2.47. The van der Waals surface area contributed by atoms with E-state index in [0.717, 1.165) is 10.4 Å². The number of carbonyl (C=O) groups excluding carboxylic acids is 1. The lowest BCUT2D eigenvalue weighted by atomic mass is 10.1. The van der Waals surface area contributed by atoms with Gasteiger partial charge in [-0.25, -0.2) is 26.0 Å². The number of aliphatic hydroxyl groups is 1. The summed E-state index contributed by atoms with van der Waals surface area (Å²) in [4.78, 5) is 12.2. The van der Waals surface area contributed by atoms with Crippen molar-refractivity contribution < 1.29 is 35.9 Å². The Morgan fingerprint density at radius 2 is 1.80 bits per heavy atom. The van der Waals surface area contributed by atoms with Gasteiger partial charge in [-0.2, -0.15) is 4.31 Å². The van der Waals surface area contributed by atoms with Crippen LogP contribution in [0.15, 0.2) is 35.2 Å². The second kappa shape index (κ2) is 8.32. The van der Waals surface area contributed by atoms with Gasteiger partial charge in [0.1, 0.15) is 6.17 Å². The molecule has 0 saturated carbocycles. The number of hydrogen-bond acceptors (Lipinski definition) is 4. The van der Waals surface area contributed by atoms with Gasteiger partial charge in [0.15, 0.2) is 17.5 Å². The summed E-state index contributed by atoms with van der Waals surface area (Å²) in [5.41, 5.74) is -0.197. The fourth-order valence-electron chi connectivity index (χ4n) is 3.07. The van der Waals surface area contributed by atoms with Crippen molar-refractivity contribution in [2.75, 3.05) is 18.4 Å². The van der Waals surface area contributed by atoms with Gasteiger partial charge < -0.3 is 10.4 Å². The predicted molar refractivity (Wildman–Crippen MR) is 99.7 cm³/mol. The highest BCUT2D eigenvalue weighted by molar-refractivity contribution is 7.89. The number of benzene rings is 2. The largest absolute Gasteiger partial charge is 0.390 e. The molecule has 6 nitrogen and oxygen atoms in total. The number of hydrogen-bond donors (Lipinski definition) is 2. The molecule has 162 valence electrons. The number of aryl methyl sites for hydroxylation is 1. The first kappa shape index (κ1) is 22.2. The normalized spacial score (nSPS) is 20.2. The van der Waals surface area contributed by atoms with Crippen molar-refractivity contribution in [1.82, 2.24) is 4.31 Å². The number of alkyl halides is 1. The van der Waals surface area contributed by atoms with Gasteiger partial charge in [0.2, 0.25) is 10.0 Å². The second-order valence-corrected chi connectivity index (χ2v) is 8.83. The van der Waals surface area contributed by atoms with Crippen LogP contribution in [0, 0.1) is 24.4 Å². The lowest BCUT2D eigenvalue weighted by Gasteiger charge is -2.31. The topological polar surface area (TPSA) is 86.7 Å². The Bertz CT molecular complexity index is 1070. The van der Waals surface area contributed by atoms with Crippen LogP contribution in [0.3, 0.4) is 0 Å². The quantitative estimate of drug-likeness (QED) is 0.559. The van der Waals surface area contributed by atoms with Crippen LogP contribution in [-0.4, -0.2) is 49.1 Å². The molecule has 2 atom stereocenters. The number of sulfonamides is 1. The van der Waals surface area contributed by atoms with E-state index in [1.54, 1.807) is 0 Å². The van der Waals surface area contributed by atoms with E-state index in [9.17, 15) is 35.9 Å². The van der Waals surface area contributed by atoms with Gasteiger partial charge in [-0.1, -0.05) is 6.07 Å². The van der Waals surface area contributed by atoms with Crippen LogP contribution in [-0.2, 0) is 10.0 Å². The highest BCUT2D eigenvalue weighted by atomic mass is 32.2. The number of nitrogens with one attached hydrogen (secondary N) is 1. The number of carbonyl (C=O) groups is 1. The van der Waals surface area contributed by atoms with Crippen molar-refractivity contribution >= 4 is 21.6 Å². The van der Waals surface area contributed by atoms with Gasteiger partial charge in [0.05, 0.1) is 11.0 Å². The fourth-order valence-corrected chi connectivity index (χ4v) is 4.79. The van der Waals surface area contributed by atoms with E-state index in [4.69, 9.17) is 0 Å². The first-order chi connectivity index (χ1) is 14.0. The Morgan fingerprint density at radius 1 is 1.17 bits per heavy atom. The van der Waals surface area contributed by atoms with Crippen molar-refractivity contribution in [2.24, 2.45) is 0 Å². The van der Waals surface area contributed by atoms with Crippen LogP contribution >= 0.6 is 0 Å². The molecule has 0 bridgehead atoms. The Balaban J connectivity index is 1.88. The molecule has 1 amide bonds. The van der Waals surface area contributed by atoms with Crippen molar-refractivity contribution in [3.8, 4) is 0 Å². The molecule has 2 aromatic carbocycles. The minimum absolute atomic E-state index is 0.0681. The Hall–Kier alpha value is -2.50. The Kier molecular flexibility index (Phi) is 6.16. The average molecular weight is 446 g/mol. The molecule has 1 saturated heterocycles. The number of aliphatic hydroxyl groups excluding tert-OH is 1. The summed E-state index contributed by atoms with van der Waals surface area (Å²) in [5, 5.41) is 11.6. The molecule has 1 fully saturated rings. The van der Waals surface area contributed by atoms with Crippen LogP contribution in [0.1, 0.15) is 22.3 Å². The number of anilines is 1. The predicted octanol–water partition coefficient (Wildman–Crippen LogP) is 2.76. The number of nitrogens with zero attached hydrogens (tertiary/aromatic N) is 1. The van der Waals surface area contributed by atoms with E-state index in [2.05, 4.69) is 5.32 Å². The van der Waals surface area contributed by atoms with Gasteiger partial charge in [-0.3, -0.25) is 4.79 Å². The van der Waals surface area contributed by atoms with Crippen molar-refractivity contribution in [3.63, 3.8) is 0 Å². The highest BCUT2D eigenvalue weighted by Gasteiger charge is 2.35. The van der Waals surface area contributed by atoms with E-state index < -0.39 is 52.2 Å². The van der Waals surface area contributed by atoms with Crippen LogP contribution in [0.25, 0.3) is 0 Å². The van der Waals surface area contributed by atoms with Crippen molar-refractivity contribution in [1.29, 1.82) is 0 Å². The summed E-state index contributed by atoms with van der Waals surface area (Å²) < 4.78 is 80.3. The number of rotatable bonds is 4. The maximum absolute atomic E-state index is 13.8. The third-order valence-corrected chi connectivity index (χ3v) is 6.79. The smallest absolute Gasteiger partial charge is 0.255 e. The van der Waals surface area contributed by atoms with Crippen LogP contribution in [0.5, 0.6) is 0 Å². The molecule has 0 radical (unpaired) electrons. The SMILES string of the molecule is Cc1ccc(C(=O)Nc2cc(F)c(F)c(F)c2)cc1S(=O)(=O)N1CCC(O)C(F)C1. The lowest BCUT2D eigenvalue weighted by molar-refractivity contribution is 0.0303. The molecule has 1 heterocycles. The van der Waals surface area contributed by atoms with Crippen molar-refractivity contribution in [3.05, 3.63) is 58.9 Å². The third kappa shape index (κ3) is 4.32. The van der Waals surface area contributed by atoms with Gasteiger partial charge >= 0.3 is 0 Å². The summed E-state index contributed by atoms with van der Waals surface area (Å²) in [6.07, 6.45) is -3.05. The molecule has 2 N–H and O–H groups in total. The number of piperidine rings is 1. The van der Waals surface area contributed by atoms with Crippen LogP contribution in [0.2, 0.25) is 0 Å². The van der Waals surface area contributed by atoms with Crippen LogP contribution < -0.4 is 5.32 Å². The zero-order chi connectivity index (χ0) is 22.2. The van der Waals surface area contributed by atoms with E-state index in [1.165, 1.54) is 19.1 Å². The summed E-state index contributed by atoms with van der Waals surface area (Å²) in [6.45, 7) is 0.881. The monoisotopic (exact) mass is 446 g/mol. The van der Waals surface area contributed by atoms with E-state index in [1.807, 2.05) is 0 Å². The number of amides is 1. The zero-order valence-corrected chi connectivity index (χ0v) is 16.5. The standard InChI is InChI=1S/C19H18F4N2O4S/c1-10-2-3-11(19(27)24-12-7-13(20)18(23)14(21)8-12)6-17(10)30(28,29)25-5-4-16(26)15(22)9-25/h2-3,6-8,15-16,26H,4-5,9H2,1H3,(H,24,27). The molecular weight excluding hydrogens is 428 g/mol. The summed E-state index contributed by atoms with van der Waals surface area (Å²) in [7, 11) is -4.16. The highest BCUT2D eigenvalue weighted by Crippen LogP contribution is 2.26. The number of halogens is 4. The average Bonchev–Trinajstić information content (AvgIpc) is 2.68. The minimum Gasteiger partial charge on any atom is -0.390 e. The first-order valence-corrected chi connectivity index (χ1v) is 10.3. The summed E-state index contributed by atoms with van der Waals surface area (Å²) >= 11 is 0. The van der Waals surface area contributed by atoms with E-state index in [0.29, 0.717) is 17.7 Å². The molecule has 3 rings (SSSR count). The third-order valence-electron chi connectivity index (χ3n) is 4.78. The Labute approximate surface area is 170 Å². The van der Waals surface area contributed by atoms with Crippen molar-refractivity contribution in [2.45, 2.75) is 30.5 Å². The van der Waals surface area contributed by atoms with Gasteiger partial charge in [-0.15, -0.1) is 0 Å². The first-order valence-electron chi connectivity index (χ1n) is 8.89. The maximum Gasteiger partial charge on any atom is 0.255 e. The molecule has 1 aliphatic rings. The summed E-state index contributed by atoms with van der Waals surface area (Å²) in [5.74, 6) is -5.56. The fraction of sp³-hybridized carbons (Fsp3) is 0.316. The molecule has 0 spiro atoms. The minimum atomic E-state index is -4.16. The van der Waals surface area contributed by atoms with Gasteiger partial charge in [0.25, 0.3) is 5.91 Å². The molecular formula is C19H18F4N2O4S. The summed E-state index contributed by atoms with van der Waals surface area (Å²) in [6, 6.07) is 4.90. The molecule has 1 aliphatic heterocycles. The van der Waals surface area contributed by atoms with Gasteiger partial charge in [-0.05, 0) is 31.0 Å².